The van der Waals surface area contributed by atoms with Crippen molar-refractivity contribution < 1.29 is 0 Å². The van der Waals surface area contributed by atoms with Gasteiger partial charge in [0, 0.05) is 17.0 Å². The fraction of sp³-hybridized carbons (Fsp3) is 0.455. The zero-order valence-electron chi connectivity index (χ0n) is 9.46. The number of aromatic amines is 1. The third-order valence-corrected chi connectivity index (χ3v) is 2.46. The summed E-state index contributed by atoms with van der Waals surface area (Å²) < 4.78 is 1.80. The molecule has 2 rings (SSSR count). The van der Waals surface area contributed by atoms with Crippen molar-refractivity contribution >= 4 is 5.65 Å². The van der Waals surface area contributed by atoms with Gasteiger partial charge in [0.2, 0.25) is 0 Å². The van der Waals surface area contributed by atoms with E-state index in [0.717, 1.165) is 16.9 Å². The number of aryl methyl sites for hydroxylation is 1. The molecule has 2 aromatic rings. The van der Waals surface area contributed by atoms with Crippen molar-refractivity contribution in [3.05, 3.63) is 33.9 Å². The smallest absolute Gasteiger partial charge is 0.251 e. The minimum atomic E-state index is -0.0923. The van der Waals surface area contributed by atoms with Crippen LogP contribution in [0.25, 0.3) is 5.65 Å². The number of H-pyrrole nitrogens is 1. The van der Waals surface area contributed by atoms with Crippen molar-refractivity contribution in [1.29, 1.82) is 0 Å². The van der Waals surface area contributed by atoms with Crippen LogP contribution in [-0.4, -0.2) is 14.6 Å². The molecule has 0 aromatic carbocycles. The molecule has 0 bridgehead atoms. The van der Waals surface area contributed by atoms with E-state index in [1.807, 2.05) is 6.92 Å². The van der Waals surface area contributed by atoms with Crippen LogP contribution in [0.1, 0.15) is 32.0 Å². The maximum absolute atomic E-state index is 11.5. The maximum atomic E-state index is 11.5. The number of rotatable bonds is 0. The molecule has 80 valence electrons. The Bertz CT molecular complexity index is 557. The minimum Gasteiger partial charge on any atom is -0.307 e. The van der Waals surface area contributed by atoms with Gasteiger partial charge in [-0.05, 0) is 6.92 Å². The zero-order valence-corrected chi connectivity index (χ0v) is 9.46. The van der Waals surface area contributed by atoms with Crippen molar-refractivity contribution in [3.8, 4) is 0 Å². The summed E-state index contributed by atoms with van der Waals surface area (Å²) in [5.41, 5.74) is 2.53. The molecule has 0 unspecified atom stereocenters. The second-order valence-corrected chi connectivity index (χ2v) is 4.86. The Labute approximate surface area is 87.9 Å². The lowest BCUT2D eigenvalue weighted by atomic mass is 9.92. The molecule has 0 amide bonds. The second kappa shape index (κ2) is 2.95. The Morgan fingerprint density at radius 1 is 1.40 bits per heavy atom. The topological polar surface area (TPSA) is 50.2 Å². The lowest BCUT2D eigenvalue weighted by Gasteiger charge is -2.19. The summed E-state index contributed by atoms with van der Waals surface area (Å²) in [6.45, 7) is 8.14. The predicted molar refractivity (Wildman–Crippen MR) is 59.2 cm³/mol. The van der Waals surface area contributed by atoms with Gasteiger partial charge in [0.05, 0.1) is 11.9 Å². The van der Waals surface area contributed by atoms with Gasteiger partial charge in [-0.25, -0.2) is 4.52 Å². The molecular weight excluding hydrogens is 190 g/mol. The molecule has 15 heavy (non-hydrogen) atoms. The summed E-state index contributed by atoms with van der Waals surface area (Å²) in [5.74, 6) is 0. The average Bonchev–Trinajstić information content (AvgIpc) is 2.45. The fourth-order valence-electron chi connectivity index (χ4n) is 1.64. The Kier molecular flexibility index (Phi) is 1.96. The average molecular weight is 205 g/mol. The summed E-state index contributed by atoms with van der Waals surface area (Å²) in [4.78, 5) is 14.3. The highest BCUT2D eigenvalue weighted by Crippen LogP contribution is 2.21. The van der Waals surface area contributed by atoms with E-state index in [4.69, 9.17) is 0 Å². The van der Waals surface area contributed by atoms with Gasteiger partial charge in [0.25, 0.3) is 5.56 Å². The maximum Gasteiger partial charge on any atom is 0.251 e. The largest absolute Gasteiger partial charge is 0.307 e. The SMILES string of the molecule is Cc1cnn2c(C(C)(C)C)cc(=O)[nH]c12. The highest BCUT2D eigenvalue weighted by molar-refractivity contribution is 5.46. The number of hydrogen-bond donors (Lipinski definition) is 1. The fourth-order valence-corrected chi connectivity index (χ4v) is 1.64. The Balaban J connectivity index is 2.90. The van der Waals surface area contributed by atoms with Gasteiger partial charge in [-0.3, -0.25) is 4.79 Å². The van der Waals surface area contributed by atoms with Crippen LogP contribution in [0.4, 0.5) is 0 Å². The van der Waals surface area contributed by atoms with Crippen LogP contribution in [0.15, 0.2) is 17.1 Å². The summed E-state index contributed by atoms with van der Waals surface area (Å²) in [5, 5.41) is 4.27. The molecule has 0 spiro atoms. The lowest BCUT2D eigenvalue weighted by Crippen LogP contribution is -2.22. The van der Waals surface area contributed by atoms with Crippen LogP contribution < -0.4 is 5.56 Å². The van der Waals surface area contributed by atoms with Crippen molar-refractivity contribution in [1.82, 2.24) is 14.6 Å². The quantitative estimate of drug-likeness (QED) is 0.710. The van der Waals surface area contributed by atoms with Crippen LogP contribution in [0.3, 0.4) is 0 Å². The van der Waals surface area contributed by atoms with E-state index in [1.165, 1.54) is 0 Å². The van der Waals surface area contributed by atoms with Crippen molar-refractivity contribution in [2.24, 2.45) is 0 Å². The number of nitrogens with one attached hydrogen (secondary N) is 1. The van der Waals surface area contributed by atoms with Crippen LogP contribution in [0.5, 0.6) is 0 Å². The first kappa shape index (κ1) is 9.96. The van der Waals surface area contributed by atoms with E-state index in [9.17, 15) is 4.79 Å². The summed E-state index contributed by atoms with van der Waals surface area (Å²) in [6.07, 6.45) is 1.76. The molecule has 0 aliphatic carbocycles. The Hall–Kier alpha value is -1.58. The molecule has 0 fully saturated rings. The molecule has 4 nitrogen and oxygen atoms in total. The highest BCUT2D eigenvalue weighted by Gasteiger charge is 2.19. The van der Waals surface area contributed by atoms with Gasteiger partial charge in [0.15, 0.2) is 0 Å². The van der Waals surface area contributed by atoms with Gasteiger partial charge in [0.1, 0.15) is 5.65 Å². The first-order chi connectivity index (χ1) is 6.89. The van der Waals surface area contributed by atoms with E-state index in [1.54, 1.807) is 16.8 Å². The highest BCUT2D eigenvalue weighted by atomic mass is 16.1. The van der Waals surface area contributed by atoms with E-state index < -0.39 is 0 Å². The number of aromatic nitrogens is 3. The van der Waals surface area contributed by atoms with E-state index in [0.29, 0.717) is 0 Å². The molecule has 0 aliphatic rings. The summed E-state index contributed by atoms with van der Waals surface area (Å²) >= 11 is 0. The van der Waals surface area contributed by atoms with Gasteiger partial charge < -0.3 is 4.98 Å². The Morgan fingerprint density at radius 2 is 2.07 bits per heavy atom. The molecule has 4 heteroatoms. The third-order valence-electron chi connectivity index (χ3n) is 2.46. The molecule has 2 heterocycles. The number of nitrogens with zero attached hydrogens (tertiary/aromatic N) is 2. The standard InChI is InChI=1S/C11H15N3O/c1-7-6-12-14-8(11(2,3)4)5-9(15)13-10(7)14/h5-6H,1-4H3,(H,13,15). The zero-order chi connectivity index (χ0) is 11.2. The van der Waals surface area contributed by atoms with Crippen LogP contribution in [0.2, 0.25) is 0 Å². The minimum absolute atomic E-state index is 0.0731. The first-order valence-electron chi connectivity index (χ1n) is 4.98. The van der Waals surface area contributed by atoms with Gasteiger partial charge >= 0.3 is 0 Å². The van der Waals surface area contributed by atoms with Crippen LogP contribution >= 0.6 is 0 Å². The van der Waals surface area contributed by atoms with E-state index in [2.05, 4.69) is 30.9 Å². The van der Waals surface area contributed by atoms with E-state index >= 15 is 0 Å². The van der Waals surface area contributed by atoms with Gasteiger partial charge in [-0.2, -0.15) is 5.10 Å². The monoisotopic (exact) mass is 205 g/mol. The first-order valence-corrected chi connectivity index (χ1v) is 4.98. The molecule has 0 aliphatic heterocycles. The van der Waals surface area contributed by atoms with Crippen LogP contribution in [0, 0.1) is 6.92 Å². The normalized spacial score (nSPS) is 12.3. The van der Waals surface area contributed by atoms with Gasteiger partial charge in [-0.1, -0.05) is 20.8 Å². The number of fused-ring (bicyclic) bond motifs is 1. The molecule has 0 atom stereocenters. The predicted octanol–water partition coefficient (Wildman–Crippen LogP) is 1.63. The summed E-state index contributed by atoms with van der Waals surface area (Å²) in [7, 11) is 0. The van der Waals surface area contributed by atoms with Gasteiger partial charge in [-0.15, -0.1) is 0 Å². The van der Waals surface area contributed by atoms with Crippen molar-refractivity contribution in [2.75, 3.05) is 0 Å². The van der Waals surface area contributed by atoms with Crippen LogP contribution in [-0.2, 0) is 5.41 Å². The van der Waals surface area contributed by atoms with E-state index in [-0.39, 0.29) is 11.0 Å². The van der Waals surface area contributed by atoms with Crippen molar-refractivity contribution in [3.63, 3.8) is 0 Å². The molecule has 2 aromatic heterocycles. The Morgan fingerprint density at radius 3 is 2.67 bits per heavy atom. The molecule has 0 radical (unpaired) electrons. The van der Waals surface area contributed by atoms with Crippen molar-refractivity contribution in [2.45, 2.75) is 33.1 Å². The second-order valence-electron chi connectivity index (χ2n) is 4.86. The molecular formula is C11H15N3O. The summed E-state index contributed by atoms with van der Waals surface area (Å²) in [6, 6.07) is 1.61. The number of hydrogen-bond acceptors (Lipinski definition) is 2. The lowest BCUT2D eigenvalue weighted by molar-refractivity contribution is 0.545. The molecule has 0 saturated heterocycles. The molecule has 0 saturated carbocycles. The molecule has 1 N–H and O–H groups in total. The third kappa shape index (κ3) is 1.56.